The fourth-order valence-electron chi connectivity index (χ4n) is 2.52. The van der Waals surface area contributed by atoms with Crippen molar-refractivity contribution in [3.05, 3.63) is 75.8 Å². The Balaban J connectivity index is 1.71. The van der Waals surface area contributed by atoms with E-state index in [9.17, 15) is 22.8 Å². The molecule has 0 bridgehead atoms. The normalized spacial score (nSPS) is 11.4. The minimum Gasteiger partial charge on any atom is -0.484 e. The Morgan fingerprint density at radius 2 is 2.04 bits per heavy atom. The molecule has 2 aromatic heterocycles. The summed E-state index contributed by atoms with van der Waals surface area (Å²) in [7, 11) is 0. The number of aromatic nitrogens is 2. The first kappa shape index (κ1) is 19.4. The van der Waals surface area contributed by atoms with Crippen LogP contribution in [0.1, 0.15) is 21.5 Å². The summed E-state index contributed by atoms with van der Waals surface area (Å²) in [6.07, 6.45) is -1.69. The van der Waals surface area contributed by atoms with Gasteiger partial charge in [0.1, 0.15) is 17.0 Å². The van der Waals surface area contributed by atoms with Crippen molar-refractivity contribution in [1.29, 1.82) is 0 Å². The number of aryl methyl sites for hydroxylation is 1. The van der Waals surface area contributed by atoms with Crippen molar-refractivity contribution in [3.63, 3.8) is 0 Å². The maximum absolute atomic E-state index is 12.5. The number of rotatable bonds is 5. The first-order chi connectivity index (χ1) is 13.2. The fourth-order valence-corrected chi connectivity index (χ4v) is 2.52. The number of alkyl halides is 3. The van der Waals surface area contributed by atoms with Crippen LogP contribution >= 0.6 is 0 Å². The molecule has 0 radical (unpaired) electrons. The number of hydrogen-bond acceptors (Lipinski definition) is 4. The number of pyridine rings is 1. The monoisotopic (exact) mass is 391 g/mol. The van der Waals surface area contributed by atoms with E-state index in [0.29, 0.717) is 11.2 Å². The number of hydrogen-bond donors (Lipinski definition) is 1. The van der Waals surface area contributed by atoms with Gasteiger partial charge < -0.3 is 10.1 Å². The third-order valence-electron chi connectivity index (χ3n) is 3.86. The molecule has 0 fully saturated rings. The van der Waals surface area contributed by atoms with Gasteiger partial charge in [-0.2, -0.15) is 13.2 Å². The fraction of sp³-hybridized carbons (Fsp3) is 0.211. The summed E-state index contributed by atoms with van der Waals surface area (Å²) < 4.78 is 42.7. The SMILES string of the molecule is Cc1ccn2c(=O)c(C(=O)NCc3cccc(OCC(F)(F)F)c3)cnc2c1. The van der Waals surface area contributed by atoms with E-state index in [4.69, 9.17) is 0 Å². The third kappa shape index (κ3) is 4.67. The van der Waals surface area contributed by atoms with Crippen molar-refractivity contribution >= 4 is 11.6 Å². The van der Waals surface area contributed by atoms with E-state index in [0.717, 1.165) is 5.56 Å². The molecule has 146 valence electrons. The van der Waals surface area contributed by atoms with E-state index in [1.807, 2.05) is 6.92 Å². The van der Waals surface area contributed by atoms with Gasteiger partial charge in [0.05, 0.1) is 0 Å². The van der Waals surface area contributed by atoms with Gasteiger partial charge >= 0.3 is 6.18 Å². The van der Waals surface area contributed by atoms with Crippen molar-refractivity contribution < 1.29 is 22.7 Å². The van der Waals surface area contributed by atoms with Crippen LogP contribution in [0.25, 0.3) is 5.65 Å². The maximum atomic E-state index is 12.5. The van der Waals surface area contributed by atoms with E-state index in [-0.39, 0.29) is 17.9 Å². The molecular weight excluding hydrogens is 375 g/mol. The molecule has 0 aliphatic heterocycles. The molecule has 0 aliphatic carbocycles. The highest BCUT2D eigenvalue weighted by Crippen LogP contribution is 2.19. The smallest absolute Gasteiger partial charge is 0.422 e. The molecule has 9 heteroatoms. The number of benzene rings is 1. The molecule has 1 N–H and O–H groups in total. The number of fused-ring (bicyclic) bond motifs is 1. The van der Waals surface area contributed by atoms with Crippen molar-refractivity contribution in [2.45, 2.75) is 19.6 Å². The van der Waals surface area contributed by atoms with E-state index in [1.165, 1.54) is 35.0 Å². The minimum absolute atomic E-state index is 0.0120. The molecule has 28 heavy (non-hydrogen) atoms. The average Bonchev–Trinajstić information content (AvgIpc) is 2.64. The van der Waals surface area contributed by atoms with E-state index >= 15 is 0 Å². The van der Waals surface area contributed by atoms with Crippen molar-refractivity contribution in [3.8, 4) is 5.75 Å². The second-order valence-corrected chi connectivity index (χ2v) is 6.14. The second-order valence-electron chi connectivity index (χ2n) is 6.14. The van der Waals surface area contributed by atoms with Gasteiger partial charge in [-0.25, -0.2) is 4.98 Å². The highest BCUT2D eigenvalue weighted by atomic mass is 19.4. The summed E-state index contributed by atoms with van der Waals surface area (Å²) in [6.45, 7) is 0.471. The lowest BCUT2D eigenvalue weighted by atomic mass is 10.2. The Hall–Kier alpha value is -3.36. The number of nitrogens with zero attached hydrogens (tertiary/aromatic N) is 2. The van der Waals surface area contributed by atoms with Gasteiger partial charge in [0.2, 0.25) is 0 Å². The molecule has 6 nitrogen and oxygen atoms in total. The van der Waals surface area contributed by atoms with Crippen LogP contribution in [0.5, 0.6) is 5.75 Å². The molecule has 0 aliphatic rings. The Bertz CT molecular complexity index is 1080. The van der Waals surface area contributed by atoms with Gasteiger partial charge in [-0.05, 0) is 42.3 Å². The van der Waals surface area contributed by atoms with E-state index in [1.54, 1.807) is 18.2 Å². The number of carbonyl (C=O) groups is 1. The first-order valence-electron chi connectivity index (χ1n) is 8.28. The summed E-state index contributed by atoms with van der Waals surface area (Å²) >= 11 is 0. The predicted molar refractivity (Wildman–Crippen MR) is 95.4 cm³/mol. The van der Waals surface area contributed by atoms with Crippen LogP contribution in [0.2, 0.25) is 0 Å². The highest BCUT2D eigenvalue weighted by molar-refractivity contribution is 5.93. The second kappa shape index (κ2) is 7.71. The van der Waals surface area contributed by atoms with Gasteiger partial charge in [0, 0.05) is 18.9 Å². The zero-order valence-corrected chi connectivity index (χ0v) is 14.8. The quantitative estimate of drug-likeness (QED) is 0.726. The molecule has 0 spiro atoms. The Kier molecular flexibility index (Phi) is 5.34. The van der Waals surface area contributed by atoms with E-state index in [2.05, 4.69) is 15.0 Å². The van der Waals surface area contributed by atoms with Gasteiger partial charge in [-0.15, -0.1) is 0 Å². The molecule has 3 rings (SSSR count). The maximum Gasteiger partial charge on any atom is 0.422 e. The van der Waals surface area contributed by atoms with Crippen LogP contribution in [0.15, 0.2) is 53.6 Å². The Morgan fingerprint density at radius 3 is 2.79 bits per heavy atom. The molecule has 0 atom stereocenters. The molecular formula is C19H16F3N3O3. The topological polar surface area (TPSA) is 72.7 Å². The molecule has 0 saturated carbocycles. The number of nitrogens with one attached hydrogen (secondary N) is 1. The average molecular weight is 391 g/mol. The third-order valence-corrected chi connectivity index (χ3v) is 3.86. The van der Waals surface area contributed by atoms with Crippen LogP contribution in [0.3, 0.4) is 0 Å². The molecule has 1 aromatic carbocycles. The minimum atomic E-state index is -4.44. The van der Waals surface area contributed by atoms with Gasteiger partial charge in [0.25, 0.3) is 11.5 Å². The van der Waals surface area contributed by atoms with Crippen LogP contribution in [0.4, 0.5) is 13.2 Å². The van der Waals surface area contributed by atoms with Crippen LogP contribution in [0, 0.1) is 6.92 Å². The summed E-state index contributed by atoms with van der Waals surface area (Å²) in [4.78, 5) is 28.9. The van der Waals surface area contributed by atoms with Gasteiger partial charge in [-0.1, -0.05) is 12.1 Å². The number of ether oxygens (including phenoxy) is 1. The molecule has 1 amide bonds. The largest absolute Gasteiger partial charge is 0.484 e. The van der Waals surface area contributed by atoms with Crippen molar-refractivity contribution in [1.82, 2.24) is 14.7 Å². The lowest BCUT2D eigenvalue weighted by Crippen LogP contribution is -2.31. The van der Waals surface area contributed by atoms with Crippen molar-refractivity contribution in [2.75, 3.05) is 6.61 Å². The summed E-state index contributed by atoms with van der Waals surface area (Å²) in [5, 5.41) is 2.56. The summed E-state index contributed by atoms with van der Waals surface area (Å²) in [5.74, 6) is -0.596. The number of carbonyl (C=O) groups excluding carboxylic acids is 1. The first-order valence-corrected chi connectivity index (χ1v) is 8.28. The number of amides is 1. The Morgan fingerprint density at radius 1 is 1.25 bits per heavy atom. The lowest BCUT2D eigenvalue weighted by Gasteiger charge is -2.11. The van der Waals surface area contributed by atoms with Crippen LogP contribution in [-0.4, -0.2) is 28.1 Å². The van der Waals surface area contributed by atoms with E-state index < -0.39 is 24.2 Å². The predicted octanol–water partition coefficient (Wildman–Crippen LogP) is 2.87. The molecule has 2 heterocycles. The zero-order valence-electron chi connectivity index (χ0n) is 14.8. The highest BCUT2D eigenvalue weighted by Gasteiger charge is 2.28. The van der Waals surface area contributed by atoms with Crippen LogP contribution in [-0.2, 0) is 6.54 Å². The summed E-state index contributed by atoms with van der Waals surface area (Å²) in [5.41, 5.74) is 1.24. The standard InChI is InChI=1S/C19H16F3N3O3/c1-12-5-6-25-16(7-12)23-10-15(18(25)27)17(26)24-9-13-3-2-4-14(8-13)28-11-19(20,21)22/h2-8,10H,9,11H2,1H3,(H,24,26). The van der Waals surface area contributed by atoms with Gasteiger partial charge in [0.15, 0.2) is 6.61 Å². The molecule has 3 aromatic rings. The van der Waals surface area contributed by atoms with Crippen LogP contribution < -0.4 is 15.6 Å². The zero-order chi connectivity index (χ0) is 20.3. The van der Waals surface area contributed by atoms with Crippen molar-refractivity contribution in [2.24, 2.45) is 0 Å². The molecule has 0 saturated heterocycles. The number of halogens is 3. The Labute approximate surface area is 157 Å². The lowest BCUT2D eigenvalue weighted by molar-refractivity contribution is -0.153. The van der Waals surface area contributed by atoms with Gasteiger partial charge in [-0.3, -0.25) is 14.0 Å². The summed E-state index contributed by atoms with van der Waals surface area (Å²) in [6, 6.07) is 9.36. The molecule has 0 unspecified atom stereocenters.